The van der Waals surface area contributed by atoms with E-state index in [1.54, 1.807) is 4.68 Å². The second-order valence-electron chi connectivity index (χ2n) is 3.92. The summed E-state index contributed by atoms with van der Waals surface area (Å²) in [4.78, 5) is 0. The summed E-state index contributed by atoms with van der Waals surface area (Å²) in [6.45, 7) is 2.84. The van der Waals surface area contributed by atoms with Gasteiger partial charge < -0.3 is 5.32 Å². The molecule has 0 spiro atoms. The molecule has 3 nitrogen and oxygen atoms in total. The van der Waals surface area contributed by atoms with Gasteiger partial charge in [-0.05, 0) is 19.1 Å². The maximum Gasteiger partial charge on any atom is 0.131 e. The SMILES string of the molecule is Cc1nn(C)c(Cl)c1CNC1CCSC1. The van der Waals surface area contributed by atoms with Crippen LogP contribution >= 0.6 is 23.4 Å². The van der Waals surface area contributed by atoms with Crippen LogP contribution in [0.15, 0.2) is 0 Å². The Morgan fingerprint density at radius 1 is 1.67 bits per heavy atom. The summed E-state index contributed by atoms with van der Waals surface area (Å²) >= 11 is 8.17. The number of nitrogens with one attached hydrogen (secondary N) is 1. The largest absolute Gasteiger partial charge is 0.309 e. The van der Waals surface area contributed by atoms with Crippen LogP contribution in [0.25, 0.3) is 0 Å². The Bertz CT molecular complexity index is 345. The van der Waals surface area contributed by atoms with Crippen LogP contribution in [0, 0.1) is 6.92 Å². The highest BCUT2D eigenvalue weighted by Gasteiger charge is 2.17. The third kappa shape index (κ3) is 2.49. The molecule has 15 heavy (non-hydrogen) atoms. The third-order valence-corrected chi connectivity index (χ3v) is 4.40. The third-order valence-electron chi connectivity index (χ3n) is 2.77. The summed E-state index contributed by atoms with van der Waals surface area (Å²) in [6.07, 6.45) is 1.27. The summed E-state index contributed by atoms with van der Waals surface area (Å²) in [7, 11) is 1.88. The molecule has 0 aromatic carbocycles. The van der Waals surface area contributed by atoms with Gasteiger partial charge in [0.2, 0.25) is 0 Å². The van der Waals surface area contributed by atoms with Crippen LogP contribution in [0.2, 0.25) is 5.15 Å². The molecule has 5 heteroatoms. The van der Waals surface area contributed by atoms with Crippen molar-refractivity contribution in [3.05, 3.63) is 16.4 Å². The van der Waals surface area contributed by atoms with Gasteiger partial charge in [-0.3, -0.25) is 4.68 Å². The molecular formula is C10H16ClN3S. The van der Waals surface area contributed by atoms with Crippen molar-refractivity contribution in [2.24, 2.45) is 7.05 Å². The molecule has 1 unspecified atom stereocenters. The van der Waals surface area contributed by atoms with Crippen LogP contribution in [0.1, 0.15) is 17.7 Å². The summed E-state index contributed by atoms with van der Waals surface area (Å²) in [5, 5.41) is 8.58. The zero-order valence-corrected chi connectivity index (χ0v) is 10.7. The van der Waals surface area contributed by atoms with E-state index in [1.807, 2.05) is 25.7 Å². The molecule has 2 heterocycles. The molecule has 1 atom stereocenters. The van der Waals surface area contributed by atoms with E-state index in [0.29, 0.717) is 6.04 Å². The number of thioether (sulfide) groups is 1. The van der Waals surface area contributed by atoms with Gasteiger partial charge in [0.05, 0.1) is 5.69 Å². The second kappa shape index (κ2) is 4.76. The topological polar surface area (TPSA) is 29.9 Å². The molecule has 0 saturated carbocycles. The monoisotopic (exact) mass is 245 g/mol. The smallest absolute Gasteiger partial charge is 0.131 e. The molecule has 84 valence electrons. The average molecular weight is 246 g/mol. The maximum atomic E-state index is 6.15. The number of nitrogens with zero attached hydrogens (tertiary/aromatic N) is 2. The van der Waals surface area contributed by atoms with Crippen molar-refractivity contribution < 1.29 is 0 Å². The lowest BCUT2D eigenvalue weighted by Crippen LogP contribution is -2.28. The van der Waals surface area contributed by atoms with Gasteiger partial charge in [0.25, 0.3) is 0 Å². The van der Waals surface area contributed by atoms with Crippen molar-refractivity contribution in [2.45, 2.75) is 25.9 Å². The predicted octanol–water partition coefficient (Wildman–Crippen LogP) is 1.98. The Hall–Kier alpha value is -0.190. The number of hydrogen-bond acceptors (Lipinski definition) is 3. The molecule has 1 aromatic rings. The minimum atomic E-state index is 0.644. The molecule has 0 radical (unpaired) electrons. The van der Waals surface area contributed by atoms with Gasteiger partial charge in [0.1, 0.15) is 5.15 Å². The predicted molar refractivity (Wildman–Crippen MR) is 65.5 cm³/mol. The molecule has 1 saturated heterocycles. The first kappa shape index (κ1) is 11.3. The number of aromatic nitrogens is 2. The number of hydrogen-bond donors (Lipinski definition) is 1. The van der Waals surface area contributed by atoms with Crippen LogP contribution in [-0.2, 0) is 13.6 Å². The zero-order chi connectivity index (χ0) is 10.8. The summed E-state index contributed by atoms with van der Waals surface area (Å²) in [5.41, 5.74) is 2.16. The van der Waals surface area contributed by atoms with Crippen molar-refractivity contribution in [2.75, 3.05) is 11.5 Å². The van der Waals surface area contributed by atoms with Gasteiger partial charge in [0, 0.05) is 31.0 Å². The van der Waals surface area contributed by atoms with Crippen molar-refractivity contribution >= 4 is 23.4 Å². The lowest BCUT2D eigenvalue weighted by atomic mass is 10.2. The van der Waals surface area contributed by atoms with Gasteiger partial charge in [-0.25, -0.2) is 0 Å². The summed E-state index contributed by atoms with van der Waals surface area (Å²) in [5.74, 6) is 2.49. The van der Waals surface area contributed by atoms with E-state index in [4.69, 9.17) is 11.6 Å². The molecule has 1 N–H and O–H groups in total. The Labute approximate surface area is 99.6 Å². The first-order valence-electron chi connectivity index (χ1n) is 5.17. The molecular weight excluding hydrogens is 230 g/mol. The molecule has 2 rings (SSSR count). The highest BCUT2D eigenvalue weighted by molar-refractivity contribution is 7.99. The summed E-state index contributed by atoms with van der Waals surface area (Å²) < 4.78 is 1.73. The zero-order valence-electron chi connectivity index (χ0n) is 9.09. The average Bonchev–Trinajstić information content (AvgIpc) is 2.76. The standard InChI is InChI=1S/C10H16ClN3S/c1-7-9(10(11)14(2)13-7)5-12-8-3-4-15-6-8/h8,12H,3-6H2,1-2H3. The van der Waals surface area contributed by atoms with E-state index in [0.717, 1.165) is 23.0 Å². The lowest BCUT2D eigenvalue weighted by molar-refractivity contribution is 0.557. The van der Waals surface area contributed by atoms with Crippen molar-refractivity contribution in [1.82, 2.24) is 15.1 Å². The first-order chi connectivity index (χ1) is 7.18. The highest BCUT2D eigenvalue weighted by Crippen LogP contribution is 2.21. The first-order valence-corrected chi connectivity index (χ1v) is 6.71. The molecule has 0 bridgehead atoms. The lowest BCUT2D eigenvalue weighted by Gasteiger charge is -2.10. The van der Waals surface area contributed by atoms with Gasteiger partial charge in [-0.1, -0.05) is 11.6 Å². The molecule has 1 aliphatic rings. The quantitative estimate of drug-likeness (QED) is 0.883. The number of halogens is 1. The van der Waals surface area contributed by atoms with Crippen LogP contribution in [0.3, 0.4) is 0 Å². The van der Waals surface area contributed by atoms with Crippen molar-refractivity contribution in [3.8, 4) is 0 Å². The number of rotatable bonds is 3. The minimum Gasteiger partial charge on any atom is -0.309 e. The van der Waals surface area contributed by atoms with E-state index in [1.165, 1.54) is 17.9 Å². The van der Waals surface area contributed by atoms with Crippen molar-refractivity contribution in [1.29, 1.82) is 0 Å². The summed E-state index contributed by atoms with van der Waals surface area (Å²) in [6, 6.07) is 0.644. The Balaban J connectivity index is 1.97. The minimum absolute atomic E-state index is 0.644. The van der Waals surface area contributed by atoms with E-state index in [2.05, 4.69) is 10.4 Å². The molecule has 1 aromatic heterocycles. The molecule has 0 aliphatic carbocycles. The van der Waals surface area contributed by atoms with Crippen LogP contribution in [0.4, 0.5) is 0 Å². The fraction of sp³-hybridized carbons (Fsp3) is 0.700. The van der Waals surface area contributed by atoms with E-state index in [9.17, 15) is 0 Å². The van der Waals surface area contributed by atoms with Gasteiger partial charge >= 0.3 is 0 Å². The second-order valence-corrected chi connectivity index (χ2v) is 5.43. The maximum absolute atomic E-state index is 6.15. The van der Waals surface area contributed by atoms with Gasteiger partial charge in [-0.2, -0.15) is 16.9 Å². The Morgan fingerprint density at radius 3 is 3.00 bits per heavy atom. The van der Waals surface area contributed by atoms with Crippen LogP contribution in [-0.4, -0.2) is 27.3 Å². The van der Waals surface area contributed by atoms with E-state index < -0.39 is 0 Å². The number of aryl methyl sites for hydroxylation is 2. The van der Waals surface area contributed by atoms with E-state index in [-0.39, 0.29) is 0 Å². The fourth-order valence-corrected chi connectivity index (χ4v) is 3.24. The normalized spacial score (nSPS) is 21.1. The van der Waals surface area contributed by atoms with Gasteiger partial charge in [0.15, 0.2) is 0 Å². The molecule has 0 amide bonds. The Kier molecular flexibility index (Phi) is 3.59. The fourth-order valence-electron chi connectivity index (χ4n) is 1.82. The molecule has 1 aliphatic heterocycles. The van der Waals surface area contributed by atoms with Gasteiger partial charge in [-0.15, -0.1) is 0 Å². The van der Waals surface area contributed by atoms with Crippen LogP contribution in [0.5, 0.6) is 0 Å². The van der Waals surface area contributed by atoms with Crippen molar-refractivity contribution in [3.63, 3.8) is 0 Å². The Morgan fingerprint density at radius 2 is 2.47 bits per heavy atom. The van der Waals surface area contributed by atoms with Crippen LogP contribution < -0.4 is 5.32 Å². The molecule has 1 fully saturated rings. The van der Waals surface area contributed by atoms with E-state index >= 15 is 0 Å². The highest BCUT2D eigenvalue weighted by atomic mass is 35.5.